The summed E-state index contributed by atoms with van der Waals surface area (Å²) in [7, 11) is 0. The number of rotatable bonds is 7. The molecule has 19 heavy (non-hydrogen) atoms. The van der Waals surface area contributed by atoms with Crippen molar-refractivity contribution in [3.05, 3.63) is 42.2 Å². The van der Waals surface area contributed by atoms with E-state index in [-0.39, 0.29) is 6.10 Å². The first kappa shape index (κ1) is 14.0. The molecule has 0 aliphatic rings. The van der Waals surface area contributed by atoms with Crippen LogP contribution >= 0.6 is 0 Å². The van der Waals surface area contributed by atoms with Gasteiger partial charge >= 0.3 is 0 Å². The van der Waals surface area contributed by atoms with Crippen LogP contribution < -0.4 is 0 Å². The fraction of sp³-hybridized carbons (Fsp3) is 0.471. The van der Waals surface area contributed by atoms with Gasteiger partial charge in [-0.25, -0.2) is 0 Å². The van der Waals surface area contributed by atoms with Crippen LogP contribution in [0.5, 0.6) is 0 Å². The third-order valence-corrected chi connectivity index (χ3v) is 3.65. The summed E-state index contributed by atoms with van der Waals surface area (Å²) in [4.78, 5) is 4.13. The highest BCUT2D eigenvalue weighted by atomic mass is 16.3. The normalized spacial score (nSPS) is 12.7. The Balaban J connectivity index is 1.99. The van der Waals surface area contributed by atoms with Crippen molar-refractivity contribution in [3.63, 3.8) is 0 Å². The second-order valence-corrected chi connectivity index (χ2v) is 5.16. The number of pyridine rings is 1. The molecule has 1 N–H and O–H groups in total. The summed E-state index contributed by atoms with van der Waals surface area (Å²) in [6.07, 6.45) is 10.3. The van der Waals surface area contributed by atoms with Gasteiger partial charge in [-0.05, 0) is 23.4 Å². The Morgan fingerprint density at radius 3 is 2.79 bits per heavy atom. The van der Waals surface area contributed by atoms with Gasteiger partial charge < -0.3 is 5.11 Å². The Morgan fingerprint density at radius 1 is 1.11 bits per heavy atom. The number of unbranched alkanes of at least 4 members (excludes halogenated alkanes) is 4. The number of nitrogens with zero attached hydrogens (tertiary/aromatic N) is 1. The van der Waals surface area contributed by atoms with Gasteiger partial charge in [0.25, 0.3) is 0 Å². The van der Waals surface area contributed by atoms with E-state index in [0.29, 0.717) is 0 Å². The van der Waals surface area contributed by atoms with Crippen LogP contribution in [0.2, 0.25) is 0 Å². The summed E-state index contributed by atoms with van der Waals surface area (Å²) in [6, 6.07) is 8.06. The van der Waals surface area contributed by atoms with Gasteiger partial charge in [0.2, 0.25) is 0 Å². The standard InChI is InChI=1S/C17H23NO/c1-2-3-4-5-6-10-17(19)16-9-7-8-14-13-18-12-11-15(14)16/h7-9,11-13,17,19H,2-6,10H2,1H3. The lowest BCUT2D eigenvalue weighted by Crippen LogP contribution is -1.98. The molecule has 0 amide bonds. The Labute approximate surface area is 115 Å². The monoisotopic (exact) mass is 257 g/mol. The predicted molar refractivity (Wildman–Crippen MR) is 80.1 cm³/mol. The summed E-state index contributed by atoms with van der Waals surface area (Å²) >= 11 is 0. The van der Waals surface area contributed by atoms with Crippen LogP contribution in [-0.4, -0.2) is 10.1 Å². The quantitative estimate of drug-likeness (QED) is 0.734. The van der Waals surface area contributed by atoms with E-state index in [1.807, 2.05) is 30.5 Å². The molecule has 2 aromatic rings. The van der Waals surface area contributed by atoms with Crippen LogP contribution in [0, 0.1) is 0 Å². The Bertz CT molecular complexity index is 504. The van der Waals surface area contributed by atoms with Crippen molar-refractivity contribution in [2.45, 2.75) is 51.6 Å². The molecule has 0 fully saturated rings. The SMILES string of the molecule is CCCCCCCC(O)c1cccc2cnccc12. The maximum absolute atomic E-state index is 10.4. The van der Waals surface area contributed by atoms with Crippen molar-refractivity contribution in [1.29, 1.82) is 0 Å². The molecule has 0 spiro atoms. The molecule has 1 aromatic carbocycles. The lowest BCUT2D eigenvalue weighted by molar-refractivity contribution is 0.165. The van der Waals surface area contributed by atoms with Crippen LogP contribution in [0.4, 0.5) is 0 Å². The second-order valence-electron chi connectivity index (χ2n) is 5.16. The number of hydrogen-bond donors (Lipinski definition) is 1. The Hall–Kier alpha value is -1.41. The zero-order valence-corrected chi connectivity index (χ0v) is 11.7. The summed E-state index contributed by atoms with van der Waals surface area (Å²) in [6.45, 7) is 2.22. The first-order chi connectivity index (χ1) is 9.33. The Kier molecular flexibility index (Phi) is 5.34. The number of aromatic nitrogens is 1. The minimum atomic E-state index is -0.354. The highest BCUT2D eigenvalue weighted by Gasteiger charge is 2.10. The zero-order chi connectivity index (χ0) is 13.5. The van der Waals surface area contributed by atoms with E-state index in [1.165, 1.54) is 25.7 Å². The molecule has 2 rings (SSSR count). The highest BCUT2D eigenvalue weighted by Crippen LogP contribution is 2.27. The zero-order valence-electron chi connectivity index (χ0n) is 11.7. The number of aliphatic hydroxyl groups is 1. The van der Waals surface area contributed by atoms with E-state index in [9.17, 15) is 5.11 Å². The molecule has 102 valence electrons. The van der Waals surface area contributed by atoms with Crippen LogP contribution in [-0.2, 0) is 0 Å². The van der Waals surface area contributed by atoms with Gasteiger partial charge in [0.05, 0.1) is 6.10 Å². The van der Waals surface area contributed by atoms with Gasteiger partial charge in [0, 0.05) is 17.8 Å². The first-order valence-electron chi connectivity index (χ1n) is 7.33. The van der Waals surface area contributed by atoms with Crippen molar-refractivity contribution < 1.29 is 5.11 Å². The number of aliphatic hydroxyl groups excluding tert-OH is 1. The number of fused-ring (bicyclic) bond motifs is 1. The van der Waals surface area contributed by atoms with Gasteiger partial charge in [-0.2, -0.15) is 0 Å². The van der Waals surface area contributed by atoms with E-state index in [2.05, 4.69) is 11.9 Å². The minimum absolute atomic E-state index is 0.354. The van der Waals surface area contributed by atoms with Crippen LogP contribution in [0.25, 0.3) is 10.8 Å². The molecular formula is C17H23NO. The lowest BCUT2D eigenvalue weighted by Gasteiger charge is -2.13. The second kappa shape index (κ2) is 7.25. The molecule has 0 radical (unpaired) electrons. The molecule has 0 bridgehead atoms. The van der Waals surface area contributed by atoms with Crippen molar-refractivity contribution in [2.24, 2.45) is 0 Å². The molecule has 0 aliphatic heterocycles. The molecular weight excluding hydrogens is 234 g/mol. The van der Waals surface area contributed by atoms with Crippen molar-refractivity contribution in [3.8, 4) is 0 Å². The average molecular weight is 257 g/mol. The van der Waals surface area contributed by atoms with Gasteiger partial charge in [0.1, 0.15) is 0 Å². The molecule has 0 saturated heterocycles. The van der Waals surface area contributed by atoms with E-state index < -0.39 is 0 Å². The van der Waals surface area contributed by atoms with Gasteiger partial charge in [-0.1, -0.05) is 57.2 Å². The maximum atomic E-state index is 10.4. The molecule has 0 saturated carbocycles. The fourth-order valence-corrected chi connectivity index (χ4v) is 2.53. The predicted octanol–water partition coefficient (Wildman–Crippen LogP) is 4.63. The lowest BCUT2D eigenvalue weighted by atomic mass is 9.98. The average Bonchev–Trinajstić information content (AvgIpc) is 2.46. The maximum Gasteiger partial charge on any atom is 0.0796 e. The summed E-state index contributed by atoms with van der Waals surface area (Å²) in [5, 5.41) is 12.6. The number of hydrogen-bond acceptors (Lipinski definition) is 2. The van der Waals surface area contributed by atoms with Crippen LogP contribution in [0.3, 0.4) is 0 Å². The molecule has 2 nitrogen and oxygen atoms in total. The highest BCUT2D eigenvalue weighted by molar-refractivity contribution is 5.85. The van der Waals surface area contributed by atoms with Crippen molar-refractivity contribution in [1.82, 2.24) is 4.98 Å². The molecule has 1 atom stereocenters. The van der Waals surface area contributed by atoms with Gasteiger partial charge in [-0.15, -0.1) is 0 Å². The topological polar surface area (TPSA) is 33.1 Å². The molecule has 2 heteroatoms. The van der Waals surface area contributed by atoms with E-state index in [1.54, 1.807) is 6.20 Å². The third kappa shape index (κ3) is 3.77. The van der Waals surface area contributed by atoms with Crippen molar-refractivity contribution >= 4 is 10.8 Å². The molecule has 1 aromatic heterocycles. The Morgan fingerprint density at radius 2 is 1.95 bits per heavy atom. The van der Waals surface area contributed by atoms with Gasteiger partial charge in [-0.3, -0.25) is 4.98 Å². The molecule has 1 heterocycles. The van der Waals surface area contributed by atoms with Crippen LogP contribution in [0.1, 0.15) is 57.1 Å². The largest absolute Gasteiger partial charge is 0.388 e. The first-order valence-corrected chi connectivity index (χ1v) is 7.33. The summed E-state index contributed by atoms with van der Waals surface area (Å²) < 4.78 is 0. The minimum Gasteiger partial charge on any atom is -0.388 e. The summed E-state index contributed by atoms with van der Waals surface area (Å²) in [5.74, 6) is 0. The van der Waals surface area contributed by atoms with Crippen molar-refractivity contribution in [2.75, 3.05) is 0 Å². The smallest absolute Gasteiger partial charge is 0.0796 e. The van der Waals surface area contributed by atoms with E-state index >= 15 is 0 Å². The van der Waals surface area contributed by atoms with Crippen LogP contribution in [0.15, 0.2) is 36.7 Å². The fourth-order valence-electron chi connectivity index (χ4n) is 2.53. The summed E-state index contributed by atoms with van der Waals surface area (Å²) in [5.41, 5.74) is 1.04. The van der Waals surface area contributed by atoms with E-state index in [4.69, 9.17) is 0 Å². The third-order valence-electron chi connectivity index (χ3n) is 3.65. The number of benzene rings is 1. The molecule has 0 aliphatic carbocycles. The molecule has 1 unspecified atom stereocenters. The van der Waals surface area contributed by atoms with Gasteiger partial charge in [0.15, 0.2) is 0 Å². The van der Waals surface area contributed by atoms with E-state index in [0.717, 1.165) is 29.2 Å².